The molecule has 1 aromatic rings. The number of carbonyl (C=O) groups is 1. The third-order valence-corrected chi connectivity index (χ3v) is 3.24. The van der Waals surface area contributed by atoms with Crippen molar-refractivity contribution in [3.8, 4) is 5.75 Å². The van der Waals surface area contributed by atoms with Crippen LogP contribution < -0.4 is 10.5 Å². The normalized spacial score (nSPS) is 17.6. The molecule has 1 amide bonds. The van der Waals surface area contributed by atoms with Gasteiger partial charge >= 0.3 is 0 Å². The van der Waals surface area contributed by atoms with Gasteiger partial charge in [-0.15, -0.1) is 0 Å². The SMILES string of the molecule is Cc1ccc(OC2CCN(CC(N)=O)CC2)cc1. The number of benzene rings is 1. The fourth-order valence-corrected chi connectivity index (χ4v) is 2.21. The lowest BCUT2D eigenvalue weighted by atomic mass is 10.1. The number of rotatable bonds is 4. The van der Waals surface area contributed by atoms with Gasteiger partial charge < -0.3 is 10.5 Å². The maximum atomic E-state index is 10.8. The molecule has 1 aliphatic rings. The summed E-state index contributed by atoms with van der Waals surface area (Å²) in [6.45, 7) is 4.17. The van der Waals surface area contributed by atoms with Gasteiger partial charge in [0.15, 0.2) is 0 Å². The molecule has 1 fully saturated rings. The zero-order valence-corrected chi connectivity index (χ0v) is 10.8. The van der Waals surface area contributed by atoms with Gasteiger partial charge in [0.2, 0.25) is 5.91 Å². The molecule has 0 unspecified atom stereocenters. The van der Waals surface area contributed by atoms with E-state index in [1.807, 2.05) is 12.1 Å². The minimum atomic E-state index is -0.257. The van der Waals surface area contributed by atoms with Crippen molar-refractivity contribution in [2.24, 2.45) is 5.73 Å². The molecule has 4 heteroatoms. The highest BCUT2D eigenvalue weighted by atomic mass is 16.5. The monoisotopic (exact) mass is 248 g/mol. The topological polar surface area (TPSA) is 55.6 Å². The smallest absolute Gasteiger partial charge is 0.231 e. The van der Waals surface area contributed by atoms with E-state index >= 15 is 0 Å². The maximum Gasteiger partial charge on any atom is 0.231 e. The predicted molar refractivity (Wildman–Crippen MR) is 70.5 cm³/mol. The van der Waals surface area contributed by atoms with Crippen molar-refractivity contribution in [2.45, 2.75) is 25.9 Å². The van der Waals surface area contributed by atoms with Gasteiger partial charge in [0, 0.05) is 13.1 Å². The summed E-state index contributed by atoms with van der Waals surface area (Å²) < 4.78 is 5.92. The Bertz CT molecular complexity index is 395. The second-order valence-corrected chi connectivity index (χ2v) is 4.87. The Morgan fingerprint density at radius 2 is 1.94 bits per heavy atom. The number of likely N-dealkylation sites (tertiary alicyclic amines) is 1. The highest BCUT2D eigenvalue weighted by Crippen LogP contribution is 2.19. The zero-order valence-electron chi connectivity index (χ0n) is 10.8. The Morgan fingerprint density at radius 3 is 2.50 bits per heavy atom. The van der Waals surface area contributed by atoms with Crippen LogP contribution in [0.4, 0.5) is 0 Å². The number of hydrogen-bond acceptors (Lipinski definition) is 3. The van der Waals surface area contributed by atoms with Gasteiger partial charge in [0.05, 0.1) is 6.54 Å². The van der Waals surface area contributed by atoms with E-state index < -0.39 is 0 Å². The van der Waals surface area contributed by atoms with E-state index in [0.717, 1.165) is 31.7 Å². The Hall–Kier alpha value is -1.55. The number of aryl methyl sites for hydroxylation is 1. The van der Waals surface area contributed by atoms with Crippen molar-refractivity contribution in [3.05, 3.63) is 29.8 Å². The molecule has 0 spiro atoms. The molecule has 0 aliphatic carbocycles. The molecule has 2 N–H and O–H groups in total. The van der Waals surface area contributed by atoms with Gasteiger partial charge in [-0.25, -0.2) is 0 Å². The van der Waals surface area contributed by atoms with Crippen molar-refractivity contribution in [3.63, 3.8) is 0 Å². The third kappa shape index (κ3) is 3.74. The number of hydrogen-bond donors (Lipinski definition) is 1. The van der Waals surface area contributed by atoms with Crippen LogP contribution in [0.25, 0.3) is 0 Å². The lowest BCUT2D eigenvalue weighted by molar-refractivity contribution is -0.119. The fourth-order valence-electron chi connectivity index (χ4n) is 2.21. The summed E-state index contributed by atoms with van der Waals surface area (Å²) >= 11 is 0. The summed E-state index contributed by atoms with van der Waals surface area (Å²) in [6.07, 6.45) is 2.14. The van der Waals surface area contributed by atoms with E-state index in [0.29, 0.717) is 6.54 Å². The van der Waals surface area contributed by atoms with Crippen LogP contribution in [0.5, 0.6) is 5.75 Å². The van der Waals surface area contributed by atoms with E-state index in [1.165, 1.54) is 5.56 Å². The summed E-state index contributed by atoms with van der Waals surface area (Å²) in [5.74, 6) is 0.668. The Kier molecular flexibility index (Phi) is 4.20. The van der Waals surface area contributed by atoms with E-state index in [9.17, 15) is 4.79 Å². The first-order chi connectivity index (χ1) is 8.63. The number of nitrogens with zero attached hydrogens (tertiary/aromatic N) is 1. The van der Waals surface area contributed by atoms with Gasteiger partial charge in [0.1, 0.15) is 11.9 Å². The van der Waals surface area contributed by atoms with E-state index in [2.05, 4.69) is 24.0 Å². The number of amides is 1. The molecule has 18 heavy (non-hydrogen) atoms. The lowest BCUT2D eigenvalue weighted by Gasteiger charge is -2.31. The molecular weight excluding hydrogens is 228 g/mol. The van der Waals surface area contributed by atoms with Gasteiger partial charge in [-0.3, -0.25) is 9.69 Å². The maximum absolute atomic E-state index is 10.8. The number of carbonyl (C=O) groups excluding carboxylic acids is 1. The van der Waals surface area contributed by atoms with E-state index in [-0.39, 0.29) is 12.0 Å². The fraction of sp³-hybridized carbons (Fsp3) is 0.500. The van der Waals surface area contributed by atoms with Crippen LogP contribution in [0.3, 0.4) is 0 Å². The van der Waals surface area contributed by atoms with Crippen LogP contribution in [-0.4, -0.2) is 36.5 Å². The minimum absolute atomic E-state index is 0.247. The summed E-state index contributed by atoms with van der Waals surface area (Å²) in [4.78, 5) is 12.9. The molecule has 0 aromatic heterocycles. The van der Waals surface area contributed by atoms with Crippen molar-refractivity contribution >= 4 is 5.91 Å². The standard InChI is InChI=1S/C14H20N2O2/c1-11-2-4-12(5-3-11)18-13-6-8-16(9-7-13)10-14(15)17/h2-5,13H,6-10H2,1H3,(H2,15,17). The van der Waals surface area contributed by atoms with Crippen molar-refractivity contribution < 1.29 is 9.53 Å². The molecule has 0 atom stereocenters. The molecule has 2 rings (SSSR count). The van der Waals surface area contributed by atoms with Crippen molar-refractivity contribution in [1.29, 1.82) is 0 Å². The molecule has 1 saturated heterocycles. The molecule has 98 valence electrons. The summed E-state index contributed by atoms with van der Waals surface area (Å²) in [5.41, 5.74) is 6.42. The Labute approximate surface area is 108 Å². The Balaban J connectivity index is 1.79. The second-order valence-electron chi connectivity index (χ2n) is 4.87. The first-order valence-electron chi connectivity index (χ1n) is 6.37. The molecule has 0 bridgehead atoms. The molecule has 1 aliphatic heterocycles. The van der Waals surface area contributed by atoms with Crippen LogP contribution in [0.2, 0.25) is 0 Å². The number of nitrogens with two attached hydrogens (primary N) is 1. The van der Waals surface area contributed by atoms with E-state index in [1.54, 1.807) is 0 Å². The third-order valence-electron chi connectivity index (χ3n) is 3.24. The van der Waals surface area contributed by atoms with Crippen LogP contribution in [0.15, 0.2) is 24.3 Å². The summed E-state index contributed by atoms with van der Waals surface area (Å²) in [5, 5.41) is 0. The molecule has 1 heterocycles. The summed E-state index contributed by atoms with van der Waals surface area (Å²) in [6, 6.07) is 8.12. The minimum Gasteiger partial charge on any atom is -0.490 e. The largest absolute Gasteiger partial charge is 0.490 e. The number of ether oxygens (including phenoxy) is 1. The zero-order chi connectivity index (χ0) is 13.0. The van der Waals surface area contributed by atoms with Crippen molar-refractivity contribution in [2.75, 3.05) is 19.6 Å². The molecular formula is C14H20N2O2. The number of primary amides is 1. The van der Waals surface area contributed by atoms with Gasteiger partial charge in [-0.1, -0.05) is 17.7 Å². The average Bonchev–Trinajstić information content (AvgIpc) is 2.34. The van der Waals surface area contributed by atoms with E-state index in [4.69, 9.17) is 10.5 Å². The molecule has 0 saturated carbocycles. The van der Waals surface area contributed by atoms with Crippen LogP contribution in [0.1, 0.15) is 18.4 Å². The second kappa shape index (κ2) is 5.87. The predicted octanol–water partition coefficient (Wildman–Crippen LogP) is 1.32. The lowest BCUT2D eigenvalue weighted by Crippen LogP contribution is -2.42. The quantitative estimate of drug-likeness (QED) is 0.874. The van der Waals surface area contributed by atoms with Crippen LogP contribution >= 0.6 is 0 Å². The average molecular weight is 248 g/mol. The first-order valence-corrected chi connectivity index (χ1v) is 6.37. The van der Waals surface area contributed by atoms with Gasteiger partial charge in [0.25, 0.3) is 0 Å². The first kappa shape index (κ1) is 12.9. The van der Waals surface area contributed by atoms with Gasteiger partial charge in [-0.05, 0) is 31.9 Å². The highest BCUT2D eigenvalue weighted by Gasteiger charge is 2.21. The van der Waals surface area contributed by atoms with Crippen LogP contribution in [0, 0.1) is 6.92 Å². The molecule has 4 nitrogen and oxygen atoms in total. The van der Waals surface area contributed by atoms with Crippen molar-refractivity contribution in [1.82, 2.24) is 4.90 Å². The van der Waals surface area contributed by atoms with Crippen LogP contribution in [-0.2, 0) is 4.79 Å². The Morgan fingerprint density at radius 1 is 1.33 bits per heavy atom. The highest BCUT2D eigenvalue weighted by molar-refractivity contribution is 5.75. The molecule has 1 aromatic carbocycles. The summed E-state index contributed by atoms with van der Waals surface area (Å²) in [7, 11) is 0. The number of piperidine rings is 1. The molecule has 0 radical (unpaired) electrons. The van der Waals surface area contributed by atoms with Gasteiger partial charge in [-0.2, -0.15) is 0 Å².